The first-order chi connectivity index (χ1) is 10.9. The van der Waals surface area contributed by atoms with E-state index in [1.54, 1.807) is 12.1 Å². The van der Waals surface area contributed by atoms with Crippen molar-refractivity contribution in [2.75, 3.05) is 13.1 Å². The molecule has 0 fully saturated rings. The van der Waals surface area contributed by atoms with E-state index in [0.29, 0.717) is 23.0 Å². The minimum atomic E-state index is -0.946. The molecule has 0 aliphatic carbocycles. The molecule has 0 unspecified atom stereocenters. The first kappa shape index (κ1) is 19.7. The Morgan fingerprint density at radius 3 is 2.61 bits per heavy atom. The van der Waals surface area contributed by atoms with Gasteiger partial charge in [-0.1, -0.05) is 55.6 Å². The van der Waals surface area contributed by atoms with Crippen LogP contribution in [-0.4, -0.2) is 36.1 Å². The third-order valence-electron chi connectivity index (χ3n) is 3.71. The lowest BCUT2D eigenvalue weighted by molar-refractivity contribution is -0.140. The van der Waals surface area contributed by atoms with Crippen molar-refractivity contribution in [3.05, 3.63) is 33.8 Å². The number of hydrogen-bond donors (Lipinski definition) is 3. The van der Waals surface area contributed by atoms with Crippen LogP contribution in [0.2, 0.25) is 10.0 Å². The number of halogens is 2. The van der Waals surface area contributed by atoms with Crippen molar-refractivity contribution in [3.63, 3.8) is 0 Å². The van der Waals surface area contributed by atoms with Crippen LogP contribution in [0, 0.1) is 5.92 Å². The highest BCUT2D eigenvalue weighted by Crippen LogP contribution is 2.25. The fourth-order valence-electron chi connectivity index (χ4n) is 2.11. The number of aliphatic carboxylic acids is 1. The highest BCUT2D eigenvalue weighted by molar-refractivity contribution is 6.42. The molecule has 0 bridgehead atoms. The van der Waals surface area contributed by atoms with Gasteiger partial charge in [0.2, 0.25) is 5.91 Å². The maximum Gasteiger partial charge on any atom is 0.320 e. The molecule has 2 atom stereocenters. The summed E-state index contributed by atoms with van der Waals surface area (Å²) in [7, 11) is 0. The molecule has 1 rings (SSSR count). The molecule has 0 spiro atoms. The number of carboxylic acids is 1. The molecule has 0 radical (unpaired) electrons. The van der Waals surface area contributed by atoms with E-state index in [2.05, 4.69) is 10.6 Å². The van der Waals surface area contributed by atoms with Gasteiger partial charge in [-0.15, -0.1) is 0 Å². The molecule has 0 aliphatic rings. The Morgan fingerprint density at radius 1 is 1.30 bits per heavy atom. The summed E-state index contributed by atoms with van der Waals surface area (Å²) in [5.74, 6) is -1.25. The van der Waals surface area contributed by atoms with Crippen molar-refractivity contribution in [3.8, 4) is 0 Å². The smallest absolute Gasteiger partial charge is 0.320 e. The van der Waals surface area contributed by atoms with Gasteiger partial charge in [-0.25, -0.2) is 0 Å². The molecule has 3 N–H and O–H groups in total. The van der Waals surface area contributed by atoms with Gasteiger partial charge in [0.25, 0.3) is 0 Å². The van der Waals surface area contributed by atoms with Crippen molar-refractivity contribution >= 4 is 35.1 Å². The monoisotopic (exact) mass is 360 g/mol. The summed E-state index contributed by atoms with van der Waals surface area (Å²) < 4.78 is 0. The van der Waals surface area contributed by atoms with Crippen molar-refractivity contribution < 1.29 is 14.7 Å². The van der Waals surface area contributed by atoms with E-state index in [1.807, 2.05) is 19.9 Å². The van der Waals surface area contributed by atoms with Gasteiger partial charge in [-0.2, -0.15) is 0 Å². The molecule has 23 heavy (non-hydrogen) atoms. The molecule has 0 saturated carbocycles. The number of amides is 1. The molecular formula is C16H22Cl2N2O3. The molecular weight excluding hydrogens is 339 g/mol. The molecule has 5 nitrogen and oxygen atoms in total. The molecule has 0 saturated heterocycles. The van der Waals surface area contributed by atoms with E-state index in [0.717, 1.165) is 12.0 Å². The quantitative estimate of drug-likeness (QED) is 0.632. The summed E-state index contributed by atoms with van der Waals surface area (Å²) in [6, 6.07) is 4.63. The van der Waals surface area contributed by atoms with Gasteiger partial charge in [-0.3, -0.25) is 14.9 Å². The predicted molar refractivity (Wildman–Crippen MR) is 92.1 cm³/mol. The second kappa shape index (κ2) is 9.75. The third kappa shape index (κ3) is 6.37. The zero-order valence-electron chi connectivity index (χ0n) is 13.2. The largest absolute Gasteiger partial charge is 0.480 e. The van der Waals surface area contributed by atoms with E-state index >= 15 is 0 Å². The normalized spacial score (nSPS) is 13.4. The standard InChI is InChI=1S/C16H22Cl2N2O3/c1-3-10(2)15(16(22)23)20-9-13(21)19-8-7-11-5-4-6-12(17)14(11)18/h4-6,10,15,20H,3,7-9H2,1-2H3,(H,19,21)(H,22,23)/t10-,15-/m0/s1. The van der Waals surface area contributed by atoms with Crippen LogP contribution in [0.25, 0.3) is 0 Å². The van der Waals surface area contributed by atoms with Gasteiger partial charge < -0.3 is 10.4 Å². The van der Waals surface area contributed by atoms with Crippen LogP contribution < -0.4 is 10.6 Å². The average Bonchev–Trinajstić information content (AvgIpc) is 2.51. The number of rotatable bonds is 9. The number of benzene rings is 1. The van der Waals surface area contributed by atoms with Gasteiger partial charge in [0.15, 0.2) is 0 Å². The van der Waals surface area contributed by atoms with Crippen molar-refractivity contribution in [1.29, 1.82) is 0 Å². The van der Waals surface area contributed by atoms with Gasteiger partial charge in [0.05, 0.1) is 16.6 Å². The second-order valence-corrected chi connectivity index (χ2v) is 6.18. The highest BCUT2D eigenvalue weighted by Gasteiger charge is 2.23. The van der Waals surface area contributed by atoms with Crippen LogP contribution in [0.4, 0.5) is 0 Å². The van der Waals surface area contributed by atoms with E-state index in [-0.39, 0.29) is 18.4 Å². The van der Waals surface area contributed by atoms with Crippen molar-refractivity contribution in [1.82, 2.24) is 10.6 Å². The fourth-order valence-corrected chi connectivity index (χ4v) is 2.53. The SMILES string of the molecule is CC[C@H](C)[C@H](NCC(=O)NCCc1cccc(Cl)c1Cl)C(=O)O. The van der Waals surface area contributed by atoms with Gasteiger partial charge in [0, 0.05) is 6.54 Å². The Morgan fingerprint density at radius 2 is 2.00 bits per heavy atom. The number of carbonyl (C=O) groups excluding carboxylic acids is 1. The Balaban J connectivity index is 2.39. The van der Waals surface area contributed by atoms with Crippen molar-refractivity contribution in [2.24, 2.45) is 5.92 Å². The summed E-state index contributed by atoms with van der Waals surface area (Å²) in [6.45, 7) is 4.12. The lowest BCUT2D eigenvalue weighted by Crippen LogP contribution is -2.46. The molecule has 1 amide bonds. The molecule has 0 aromatic heterocycles. The van der Waals surface area contributed by atoms with E-state index < -0.39 is 12.0 Å². The topological polar surface area (TPSA) is 78.4 Å². The zero-order chi connectivity index (χ0) is 17.4. The number of carbonyl (C=O) groups is 2. The summed E-state index contributed by atoms with van der Waals surface area (Å²) in [6.07, 6.45) is 1.28. The van der Waals surface area contributed by atoms with Crippen LogP contribution >= 0.6 is 23.2 Å². The molecule has 1 aromatic rings. The van der Waals surface area contributed by atoms with Crippen LogP contribution in [0.5, 0.6) is 0 Å². The highest BCUT2D eigenvalue weighted by atomic mass is 35.5. The number of hydrogen-bond acceptors (Lipinski definition) is 3. The minimum absolute atomic E-state index is 0.0371. The maximum atomic E-state index is 11.8. The van der Waals surface area contributed by atoms with Crippen LogP contribution in [0.1, 0.15) is 25.8 Å². The summed E-state index contributed by atoms with van der Waals surface area (Å²) in [5.41, 5.74) is 0.857. The molecule has 7 heteroatoms. The van der Waals surface area contributed by atoms with Gasteiger partial charge in [0.1, 0.15) is 6.04 Å². The van der Waals surface area contributed by atoms with Crippen LogP contribution in [0.15, 0.2) is 18.2 Å². The summed E-state index contributed by atoms with van der Waals surface area (Å²) in [5, 5.41) is 15.6. The third-order valence-corrected chi connectivity index (χ3v) is 4.57. The zero-order valence-corrected chi connectivity index (χ0v) is 14.7. The molecule has 128 valence electrons. The first-order valence-electron chi connectivity index (χ1n) is 7.52. The lowest BCUT2D eigenvalue weighted by Gasteiger charge is -2.19. The van der Waals surface area contributed by atoms with E-state index in [9.17, 15) is 9.59 Å². The van der Waals surface area contributed by atoms with Gasteiger partial charge >= 0.3 is 5.97 Å². The lowest BCUT2D eigenvalue weighted by atomic mass is 9.99. The Bertz CT molecular complexity index is 552. The predicted octanol–water partition coefficient (Wildman–Crippen LogP) is 2.74. The Labute approximate surface area is 146 Å². The molecule has 0 aliphatic heterocycles. The number of carboxylic acid groups (broad SMARTS) is 1. The molecule has 1 aromatic carbocycles. The summed E-state index contributed by atoms with van der Waals surface area (Å²) in [4.78, 5) is 23.0. The van der Waals surface area contributed by atoms with Crippen LogP contribution in [0.3, 0.4) is 0 Å². The van der Waals surface area contributed by atoms with E-state index in [4.69, 9.17) is 28.3 Å². The summed E-state index contributed by atoms with van der Waals surface area (Å²) >= 11 is 12.0. The fraction of sp³-hybridized carbons (Fsp3) is 0.500. The number of nitrogens with one attached hydrogen (secondary N) is 2. The first-order valence-corrected chi connectivity index (χ1v) is 8.28. The Hall–Kier alpha value is -1.30. The second-order valence-electron chi connectivity index (χ2n) is 5.40. The van der Waals surface area contributed by atoms with Crippen molar-refractivity contribution in [2.45, 2.75) is 32.7 Å². The molecule has 0 heterocycles. The van der Waals surface area contributed by atoms with E-state index in [1.165, 1.54) is 0 Å². The minimum Gasteiger partial charge on any atom is -0.480 e. The Kier molecular flexibility index (Phi) is 8.37. The van der Waals surface area contributed by atoms with Crippen LogP contribution in [-0.2, 0) is 16.0 Å². The average molecular weight is 361 g/mol. The van der Waals surface area contributed by atoms with Gasteiger partial charge in [-0.05, 0) is 24.0 Å². The maximum absolute atomic E-state index is 11.8.